The van der Waals surface area contributed by atoms with Gasteiger partial charge in [-0.1, -0.05) is 73.7 Å². The minimum absolute atomic E-state index is 0.189. The molecule has 0 unspecified atom stereocenters. The Kier molecular flexibility index (Phi) is 9.30. The van der Waals surface area contributed by atoms with Gasteiger partial charge in [-0.15, -0.1) is 0 Å². The number of hydrogen-bond acceptors (Lipinski definition) is 7. The molecule has 1 N–H and O–H groups in total. The van der Waals surface area contributed by atoms with Gasteiger partial charge in [-0.3, -0.25) is 4.55 Å². The molecule has 0 fully saturated rings. The summed E-state index contributed by atoms with van der Waals surface area (Å²) in [4.78, 5) is 1.90. The lowest BCUT2D eigenvalue weighted by Crippen LogP contribution is -2.38. The predicted molar refractivity (Wildman–Crippen MR) is 206 cm³/mol. The summed E-state index contributed by atoms with van der Waals surface area (Å²) in [5, 5.41) is 4.39. The van der Waals surface area contributed by atoms with E-state index in [4.69, 9.17) is 18.6 Å². The van der Waals surface area contributed by atoms with E-state index in [0.29, 0.717) is 43.6 Å². The van der Waals surface area contributed by atoms with Crippen molar-refractivity contribution in [3.8, 4) is 17.2 Å². The van der Waals surface area contributed by atoms with E-state index in [9.17, 15) is 13.0 Å². The van der Waals surface area contributed by atoms with Gasteiger partial charge in [0.1, 0.15) is 24.7 Å². The zero-order chi connectivity index (χ0) is 36.4. The summed E-state index contributed by atoms with van der Waals surface area (Å²) in [6.07, 6.45) is 4.81. The third-order valence-corrected chi connectivity index (χ3v) is 10.1. The summed E-state index contributed by atoms with van der Waals surface area (Å²) < 4.78 is 59.7. The number of fused-ring (bicyclic) bond motifs is 4. The third kappa shape index (κ3) is 7.32. The molecule has 1 aliphatic heterocycles. The monoisotopic (exact) mass is 725 g/mol. The zero-order valence-corrected chi connectivity index (χ0v) is 29.8. The van der Waals surface area contributed by atoms with Crippen LogP contribution in [0.5, 0.6) is 17.2 Å². The van der Waals surface area contributed by atoms with Crippen LogP contribution in [0.1, 0.15) is 19.2 Å². The topological polar surface area (TPSA) is 102 Å². The molecule has 0 atom stereocenters. The lowest BCUT2D eigenvalue weighted by molar-refractivity contribution is -0.678. The largest absolute Gasteiger partial charge is 0.492 e. The van der Waals surface area contributed by atoms with Gasteiger partial charge in [-0.05, 0) is 88.1 Å². The van der Waals surface area contributed by atoms with Crippen LogP contribution in [0, 0.1) is 0 Å². The number of para-hydroxylation sites is 1. The predicted octanol–water partition coefficient (Wildman–Crippen LogP) is 8.97. The van der Waals surface area contributed by atoms with Gasteiger partial charge in [0, 0.05) is 12.1 Å². The number of benzene rings is 6. The summed E-state index contributed by atoms with van der Waals surface area (Å²) in [6, 6.07) is 40.3. The minimum atomic E-state index is -4.29. The van der Waals surface area contributed by atoms with Crippen molar-refractivity contribution in [2.45, 2.75) is 24.8 Å². The molecule has 0 aliphatic carbocycles. The Labute approximate surface area is 307 Å². The maximum atomic E-state index is 11.5. The van der Waals surface area contributed by atoms with Gasteiger partial charge in [0.25, 0.3) is 15.6 Å². The summed E-state index contributed by atoms with van der Waals surface area (Å²) >= 11 is 0. The van der Waals surface area contributed by atoms with E-state index < -0.39 is 10.1 Å². The van der Waals surface area contributed by atoms with Gasteiger partial charge in [0.05, 0.1) is 23.2 Å². The first kappa shape index (κ1) is 34.0. The molecule has 0 spiro atoms. The molecule has 1 aliphatic rings. The molecule has 10 heteroatoms. The van der Waals surface area contributed by atoms with E-state index >= 15 is 0 Å². The highest BCUT2D eigenvalue weighted by molar-refractivity contribution is 7.85. The van der Waals surface area contributed by atoms with Crippen molar-refractivity contribution in [1.82, 2.24) is 0 Å². The molecule has 8 rings (SSSR count). The fourth-order valence-corrected chi connectivity index (χ4v) is 7.03. The molecule has 7 aromatic rings. The standard InChI is InChI=1S/C43H36N2O7S/c1-2-30(24-42-44(20-22-49-35-14-4-3-5-15-35)38-26-31-10-6-8-12-33(31)28-40(38)51-42)25-43-45(21-23-50-36-16-18-37(19-17-36)53(46,47)48)39-27-32-11-7-9-13-34(32)29-41(39)52-43/h3-19,24-29H,2,20-23H2,1H3/p+1. The van der Waals surface area contributed by atoms with Gasteiger partial charge >= 0.3 is 5.89 Å². The first-order valence-corrected chi connectivity index (χ1v) is 18.9. The van der Waals surface area contributed by atoms with E-state index in [2.05, 4.69) is 64.9 Å². The molecule has 2 heterocycles. The van der Waals surface area contributed by atoms with Crippen molar-refractivity contribution in [2.75, 3.05) is 24.7 Å². The molecule has 266 valence electrons. The van der Waals surface area contributed by atoms with Crippen molar-refractivity contribution in [2.24, 2.45) is 0 Å². The Morgan fingerprint density at radius 3 is 2.09 bits per heavy atom. The summed E-state index contributed by atoms with van der Waals surface area (Å²) in [5.74, 6) is 3.38. The zero-order valence-electron chi connectivity index (χ0n) is 29.0. The number of anilines is 1. The molecule has 9 nitrogen and oxygen atoms in total. The van der Waals surface area contributed by atoms with Crippen LogP contribution in [0.15, 0.2) is 154 Å². The molecule has 0 saturated carbocycles. The smallest absolute Gasteiger partial charge is 0.374 e. The van der Waals surface area contributed by atoms with E-state index in [0.717, 1.165) is 55.4 Å². The second kappa shape index (κ2) is 14.5. The lowest BCUT2D eigenvalue weighted by Gasteiger charge is -2.19. The first-order valence-electron chi connectivity index (χ1n) is 17.5. The van der Waals surface area contributed by atoms with Gasteiger partial charge < -0.3 is 23.5 Å². The molecule has 0 bridgehead atoms. The normalized spacial score (nSPS) is 13.9. The van der Waals surface area contributed by atoms with Crippen LogP contribution < -0.4 is 23.7 Å². The van der Waals surface area contributed by atoms with Crippen molar-refractivity contribution < 1.29 is 36.2 Å². The van der Waals surface area contributed by atoms with Gasteiger partial charge in [0.15, 0.2) is 12.3 Å². The quantitative estimate of drug-likeness (QED) is 0.0984. The fraction of sp³-hybridized carbons (Fsp3) is 0.140. The number of nitrogens with zero attached hydrogens (tertiary/aromatic N) is 2. The maximum absolute atomic E-state index is 11.5. The Morgan fingerprint density at radius 1 is 0.774 bits per heavy atom. The number of oxazole rings is 1. The lowest BCUT2D eigenvalue weighted by atomic mass is 10.1. The van der Waals surface area contributed by atoms with Crippen LogP contribution in [-0.2, 0) is 16.7 Å². The maximum Gasteiger partial charge on any atom is 0.374 e. The summed E-state index contributed by atoms with van der Waals surface area (Å²) in [5.41, 5.74) is 3.68. The summed E-state index contributed by atoms with van der Waals surface area (Å²) in [7, 11) is -4.29. The summed E-state index contributed by atoms with van der Waals surface area (Å²) in [6.45, 7) is 3.85. The molecule has 1 aromatic heterocycles. The number of aromatic nitrogens is 1. The highest BCUT2D eigenvalue weighted by atomic mass is 32.2. The number of allylic oxidation sites excluding steroid dienone is 2. The number of ether oxygens (including phenoxy) is 3. The molecule has 0 amide bonds. The Bertz CT molecular complexity index is 2610. The van der Waals surface area contributed by atoms with Crippen molar-refractivity contribution in [3.05, 3.63) is 151 Å². The first-order chi connectivity index (χ1) is 25.8. The van der Waals surface area contributed by atoms with Crippen LogP contribution in [0.4, 0.5) is 5.69 Å². The van der Waals surface area contributed by atoms with Crippen LogP contribution in [0.3, 0.4) is 0 Å². The highest BCUT2D eigenvalue weighted by Gasteiger charge is 2.28. The van der Waals surface area contributed by atoms with E-state index in [1.165, 1.54) is 24.3 Å². The molecule has 53 heavy (non-hydrogen) atoms. The van der Waals surface area contributed by atoms with Crippen LogP contribution >= 0.6 is 0 Å². The van der Waals surface area contributed by atoms with Crippen LogP contribution in [0.25, 0.3) is 38.7 Å². The Hall–Kier alpha value is -6.10. The van der Waals surface area contributed by atoms with Gasteiger partial charge in [-0.2, -0.15) is 13.0 Å². The van der Waals surface area contributed by atoms with Gasteiger partial charge in [-0.25, -0.2) is 0 Å². The Balaban J connectivity index is 1.13. The van der Waals surface area contributed by atoms with Crippen molar-refractivity contribution >= 4 is 54.5 Å². The van der Waals surface area contributed by atoms with E-state index in [1.54, 1.807) is 0 Å². The second-order valence-corrected chi connectivity index (χ2v) is 14.1. The minimum Gasteiger partial charge on any atom is -0.492 e. The van der Waals surface area contributed by atoms with E-state index in [1.807, 2.05) is 66.7 Å². The molecular formula is C43H37N2O7S+. The average molecular weight is 726 g/mol. The SMILES string of the molecule is CCC(=Cc1oc2cc3ccccc3cc2[n+]1CCOc1ccccc1)C=C1Oc2cc3ccccc3cc2N1CCOc1ccc(S(=O)(=O)O)cc1. The molecule has 6 aromatic carbocycles. The van der Waals surface area contributed by atoms with Crippen molar-refractivity contribution in [3.63, 3.8) is 0 Å². The van der Waals surface area contributed by atoms with E-state index in [-0.39, 0.29) is 11.5 Å². The van der Waals surface area contributed by atoms with Crippen LogP contribution in [-0.4, -0.2) is 32.7 Å². The molecule has 0 saturated heterocycles. The Morgan fingerprint density at radius 2 is 1.40 bits per heavy atom. The average Bonchev–Trinajstić information content (AvgIpc) is 3.68. The molecular weight excluding hydrogens is 689 g/mol. The third-order valence-electron chi connectivity index (χ3n) is 9.26. The molecule has 0 radical (unpaired) electrons. The fourth-order valence-electron chi connectivity index (χ4n) is 6.55. The van der Waals surface area contributed by atoms with Crippen LogP contribution in [0.2, 0.25) is 0 Å². The van der Waals surface area contributed by atoms with Crippen molar-refractivity contribution in [1.29, 1.82) is 0 Å². The number of hydrogen-bond donors (Lipinski definition) is 1. The highest BCUT2D eigenvalue weighted by Crippen LogP contribution is 2.42. The van der Waals surface area contributed by atoms with Gasteiger partial charge in [0.2, 0.25) is 11.5 Å². The number of rotatable bonds is 12. The second-order valence-electron chi connectivity index (χ2n) is 12.7.